The van der Waals surface area contributed by atoms with Crippen LogP contribution in [0.25, 0.3) is 0 Å². The van der Waals surface area contributed by atoms with Crippen molar-refractivity contribution in [3.8, 4) is 0 Å². The minimum Gasteiger partial charge on any atom is -0.332 e. The summed E-state index contributed by atoms with van der Waals surface area (Å²) in [5.41, 5.74) is 1.07. The van der Waals surface area contributed by atoms with E-state index in [1.54, 1.807) is 6.20 Å². The van der Waals surface area contributed by atoms with Crippen molar-refractivity contribution < 1.29 is 4.79 Å². The highest BCUT2D eigenvalue weighted by Crippen LogP contribution is 2.35. The summed E-state index contributed by atoms with van der Waals surface area (Å²) in [6.07, 6.45) is 9.76. The maximum Gasteiger partial charge on any atom is 0.317 e. The summed E-state index contributed by atoms with van der Waals surface area (Å²) in [7, 11) is 0. The average Bonchev–Trinajstić information content (AvgIpc) is 3.23. The van der Waals surface area contributed by atoms with Crippen LogP contribution < -0.4 is 5.32 Å². The zero-order valence-electron chi connectivity index (χ0n) is 13.6. The van der Waals surface area contributed by atoms with Crippen molar-refractivity contribution in [2.45, 2.75) is 58.5 Å². The third kappa shape index (κ3) is 3.45. The van der Waals surface area contributed by atoms with E-state index >= 15 is 0 Å². The molecule has 0 aromatic carbocycles. The fraction of sp³-hybridized carbons (Fsp3) is 0.765. The molecule has 122 valence electrons. The van der Waals surface area contributed by atoms with Gasteiger partial charge in [-0.15, -0.1) is 0 Å². The van der Waals surface area contributed by atoms with Crippen LogP contribution in [0, 0.1) is 11.8 Å². The van der Waals surface area contributed by atoms with Crippen molar-refractivity contribution in [3.63, 3.8) is 0 Å². The van der Waals surface area contributed by atoms with E-state index in [-0.39, 0.29) is 6.03 Å². The number of amides is 2. The lowest BCUT2D eigenvalue weighted by atomic mass is 9.84. The lowest BCUT2D eigenvalue weighted by molar-refractivity contribution is 0.141. The van der Waals surface area contributed by atoms with Gasteiger partial charge in [-0.25, -0.2) is 4.79 Å². The van der Waals surface area contributed by atoms with Crippen molar-refractivity contribution in [1.29, 1.82) is 0 Å². The number of aromatic nitrogens is 2. The highest BCUT2D eigenvalue weighted by atomic mass is 16.2. The van der Waals surface area contributed by atoms with Crippen molar-refractivity contribution in [2.75, 3.05) is 13.1 Å². The van der Waals surface area contributed by atoms with Crippen LogP contribution in [-0.2, 0) is 13.1 Å². The molecule has 0 radical (unpaired) electrons. The molecule has 5 heteroatoms. The molecule has 1 atom stereocenters. The molecule has 3 rings (SSSR count). The number of nitrogens with zero attached hydrogens (tertiary/aromatic N) is 3. The SMILES string of the molecule is CCn1nccc1CNC(=O)N1CCCC(C2CCCC2)C1. The first-order valence-corrected chi connectivity index (χ1v) is 8.81. The summed E-state index contributed by atoms with van der Waals surface area (Å²) in [5, 5.41) is 7.31. The molecule has 2 amide bonds. The average molecular weight is 304 g/mol. The Morgan fingerprint density at radius 1 is 1.27 bits per heavy atom. The summed E-state index contributed by atoms with van der Waals surface area (Å²) in [4.78, 5) is 14.5. The van der Waals surface area contributed by atoms with E-state index in [1.165, 1.54) is 32.1 Å². The molecule has 2 heterocycles. The number of piperidine rings is 1. The Kier molecular flexibility index (Phi) is 5.01. The first-order chi connectivity index (χ1) is 10.8. The Labute approximate surface area is 133 Å². The van der Waals surface area contributed by atoms with Gasteiger partial charge in [-0.1, -0.05) is 25.7 Å². The molecule has 1 N–H and O–H groups in total. The zero-order chi connectivity index (χ0) is 15.4. The number of carbonyl (C=O) groups excluding carboxylic acids is 1. The molecule has 2 fully saturated rings. The van der Waals surface area contributed by atoms with Gasteiger partial charge in [0.2, 0.25) is 0 Å². The van der Waals surface area contributed by atoms with E-state index in [0.717, 1.165) is 43.6 Å². The fourth-order valence-electron chi connectivity index (χ4n) is 4.08. The number of aryl methyl sites for hydroxylation is 1. The number of hydrogen-bond donors (Lipinski definition) is 1. The fourth-order valence-corrected chi connectivity index (χ4v) is 4.08. The molecule has 1 aliphatic heterocycles. The zero-order valence-corrected chi connectivity index (χ0v) is 13.6. The Bertz CT molecular complexity index is 493. The molecule has 0 bridgehead atoms. The largest absolute Gasteiger partial charge is 0.332 e. The second-order valence-electron chi connectivity index (χ2n) is 6.69. The molecule has 1 saturated carbocycles. The minimum atomic E-state index is 0.0894. The number of rotatable bonds is 4. The third-order valence-corrected chi connectivity index (χ3v) is 5.34. The van der Waals surface area contributed by atoms with Gasteiger partial charge in [-0.3, -0.25) is 4.68 Å². The van der Waals surface area contributed by atoms with Crippen molar-refractivity contribution in [3.05, 3.63) is 18.0 Å². The lowest BCUT2D eigenvalue weighted by Crippen LogP contribution is -2.46. The maximum absolute atomic E-state index is 12.4. The van der Waals surface area contributed by atoms with Gasteiger partial charge in [0.1, 0.15) is 0 Å². The second-order valence-corrected chi connectivity index (χ2v) is 6.69. The molecule has 1 aromatic rings. The van der Waals surface area contributed by atoms with Crippen molar-refractivity contribution >= 4 is 6.03 Å². The summed E-state index contributed by atoms with van der Waals surface area (Å²) in [6, 6.07) is 2.06. The van der Waals surface area contributed by atoms with Crippen LogP contribution in [0.4, 0.5) is 4.79 Å². The number of carbonyl (C=O) groups is 1. The van der Waals surface area contributed by atoms with E-state index in [9.17, 15) is 4.79 Å². The first-order valence-electron chi connectivity index (χ1n) is 8.81. The molecule has 5 nitrogen and oxygen atoms in total. The van der Waals surface area contributed by atoms with Gasteiger partial charge < -0.3 is 10.2 Å². The summed E-state index contributed by atoms with van der Waals surface area (Å²) >= 11 is 0. The van der Waals surface area contributed by atoms with E-state index < -0.39 is 0 Å². The topological polar surface area (TPSA) is 50.2 Å². The van der Waals surface area contributed by atoms with Crippen molar-refractivity contribution in [2.24, 2.45) is 11.8 Å². The van der Waals surface area contributed by atoms with Gasteiger partial charge in [0, 0.05) is 25.8 Å². The standard InChI is InChI=1S/C17H28N4O/c1-2-21-16(9-10-19-21)12-18-17(22)20-11-5-8-15(13-20)14-6-3-4-7-14/h9-10,14-15H,2-8,11-13H2,1H3,(H,18,22). The Morgan fingerprint density at radius 3 is 2.82 bits per heavy atom. The van der Waals surface area contributed by atoms with Gasteiger partial charge in [-0.2, -0.15) is 5.10 Å². The van der Waals surface area contributed by atoms with E-state index in [2.05, 4.69) is 17.3 Å². The highest BCUT2D eigenvalue weighted by Gasteiger charge is 2.30. The van der Waals surface area contributed by atoms with Gasteiger partial charge in [0.15, 0.2) is 0 Å². The smallest absolute Gasteiger partial charge is 0.317 e. The quantitative estimate of drug-likeness (QED) is 0.929. The summed E-state index contributed by atoms with van der Waals surface area (Å²) < 4.78 is 1.93. The summed E-state index contributed by atoms with van der Waals surface area (Å²) in [5.74, 6) is 1.58. The first kappa shape index (κ1) is 15.4. The van der Waals surface area contributed by atoms with Gasteiger partial charge in [0.05, 0.1) is 12.2 Å². The Hall–Kier alpha value is -1.52. The van der Waals surface area contributed by atoms with Gasteiger partial charge in [0.25, 0.3) is 0 Å². The number of nitrogens with one attached hydrogen (secondary N) is 1. The van der Waals surface area contributed by atoms with Crippen LogP contribution >= 0.6 is 0 Å². The Balaban J connectivity index is 1.51. The lowest BCUT2D eigenvalue weighted by Gasteiger charge is -2.35. The van der Waals surface area contributed by atoms with E-state index in [0.29, 0.717) is 6.54 Å². The Morgan fingerprint density at radius 2 is 2.05 bits per heavy atom. The van der Waals surface area contributed by atoms with E-state index in [4.69, 9.17) is 0 Å². The number of hydrogen-bond acceptors (Lipinski definition) is 2. The maximum atomic E-state index is 12.4. The summed E-state index contributed by atoms with van der Waals surface area (Å²) in [6.45, 7) is 5.32. The van der Waals surface area contributed by atoms with Gasteiger partial charge in [-0.05, 0) is 37.7 Å². The molecular formula is C17H28N4O. The minimum absolute atomic E-state index is 0.0894. The van der Waals surface area contributed by atoms with Crippen LogP contribution in [0.5, 0.6) is 0 Å². The molecule has 22 heavy (non-hydrogen) atoms. The molecule has 1 unspecified atom stereocenters. The van der Waals surface area contributed by atoms with Crippen molar-refractivity contribution in [1.82, 2.24) is 20.0 Å². The van der Waals surface area contributed by atoms with Crippen LogP contribution in [0.1, 0.15) is 51.1 Å². The predicted molar refractivity (Wildman–Crippen MR) is 86.4 cm³/mol. The predicted octanol–water partition coefficient (Wildman–Crippen LogP) is 3.01. The number of urea groups is 1. The third-order valence-electron chi connectivity index (χ3n) is 5.34. The molecule has 1 aliphatic carbocycles. The van der Waals surface area contributed by atoms with Crippen LogP contribution in [0.15, 0.2) is 12.3 Å². The molecule has 0 spiro atoms. The number of likely N-dealkylation sites (tertiary alicyclic amines) is 1. The highest BCUT2D eigenvalue weighted by molar-refractivity contribution is 5.74. The van der Waals surface area contributed by atoms with E-state index in [1.807, 2.05) is 15.6 Å². The normalized spacial score (nSPS) is 23.0. The van der Waals surface area contributed by atoms with Crippen LogP contribution in [0.2, 0.25) is 0 Å². The molecule has 1 aromatic heterocycles. The molecule has 2 aliphatic rings. The van der Waals surface area contributed by atoms with Crippen LogP contribution in [0.3, 0.4) is 0 Å². The molecular weight excluding hydrogens is 276 g/mol. The monoisotopic (exact) mass is 304 g/mol. The van der Waals surface area contributed by atoms with Gasteiger partial charge >= 0.3 is 6.03 Å². The molecule has 1 saturated heterocycles. The second kappa shape index (κ2) is 7.16. The van der Waals surface area contributed by atoms with Crippen LogP contribution in [-0.4, -0.2) is 33.8 Å².